The maximum Gasteiger partial charge on any atom is 1.00 e. The van der Waals surface area contributed by atoms with Gasteiger partial charge < -0.3 is 12.9 Å². The van der Waals surface area contributed by atoms with Crippen molar-refractivity contribution in [2.24, 2.45) is 0 Å². The molecule has 6 heteroatoms. The third kappa shape index (κ3) is 3.54. The molecule has 0 saturated heterocycles. The van der Waals surface area contributed by atoms with Crippen molar-refractivity contribution < 1.29 is 64.3 Å². The summed E-state index contributed by atoms with van der Waals surface area (Å²) in [6.45, 7) is -1.63. The van der Waals surface area contributed by atoms with E-state index >= 15 is 0 Å². The van der Waals surface area contributed by atoms with Crippen molar-refractivity contribution in [2.45, 2.75) is 13.8 Å². The van der Waals surface area contributed by atoms with Crippen molar-refractivity contribution in [3.05, 3.63) is 28.3 Å². The van der Waals surface area contributed by atoms with Crippen LogP contribution in [0.1, 0.15) is 11.1 Å². The second kappa shape index (κ2) is 5.37. The molecular weight excluding hydrogens is 238 g/mol. The number of aryl methyl sites for hydroxylation is 2. The molecule has 0 radical (unpaired) electrons. The molecular formula is C8H8BClF3K. The van der Waals surface area contributed by atoms with E-state index in [1.165, 1.54) is 6.07 Å². The molecule has 0 aliphatic rings. The first-order chi connectivity index (χ1) is 5.82. The smallest absolute Gasteiger partial charge is 0.445 e. The molecule has 0 bridgehead atoms. The van der Waals surface area contributed by atoms with Gasteiger partial charge in [0.05, 0.1) is 0 Å². The number of rotatable bonds is 1. The van der Waals surface area contributed by atoms with E-state index in [1.54, 1.807) is 13.8 Å². The van der Waals surface area contributed by atoms with Crippen LogP contribution in [0.5, 0.6) is 0 Å². The van der Waals surface area contributed by atoms with E-state index in [2.05, 4.69) is 0 Å². The molecule has 0 heterocycles. The molecule has 0 unspecified atom stereocenters. The Kier molecular flexibility index (Phi) is 5.75. The summed E-state index contributed by atoms with van der Waals surface area (Å²) in [5.74, 6) is 0. The molecule has 0 aliphatic carbocycles. The topological polar surface area (TPSA) is 0 Å². The number of hydrogen-bond acceptors (Lipinski definition) is 0. The molecule has 1 aromatic rings. The molecule has 0 amide bonds. The fraction of sp³-hybridized carbons (Fsp3) is 0.250. The number of halogens is 4. The molecule has 0 aromatic heterocycles. The van der Waals surface area contributed by atoms with E-state index in [1.807, 2.05) is 0 Å². The average Bonchev–Trinajstić information content (AvgIpc) is 1.94. The number of hydrogen-bond donors (Lipinski definition) is 0. The standard InChI is InChI=1S/C8H8BClF3.K/c1-5-3-7(9(11,12)13)8(10)4-6(5)2;/h3-4H,1-2H3;/q-1;+1. The molecule has 0 saturated carbocycles. The minimum atomic E-state index is -4.99. The maximum atomic E-state index is 12.3. The van der Waals surface area contributed by atoms with Crippen molar-refractivity contribution in [3.8, 4) is 0 Å². The predicted octanol–water partition coefficient (Wildman–Crippen LogP) is 0.0152. The van der Waals surface area contributed by atoms with Crippen LogP contribution in [0.4, 0.5) is 12.9 Å². The molecule has 0 aliphatic heterocycles. The Hall–Kier alpha value is 1.00. The Bertz CT molecular complexity index is 338. The molecule has 72 valence electrons. The summed E-state index contributed by atoms with van der Waals surface area (Å²) < 4.78 is 37.0. The van der Waals surface area contributed by atoms with E-state index < -0.39 is 12.4 Å². The monoisotopic (exact) mass is 246 g/mol. The van der Waals surface area contributed by atoms with Crippen LogP contribution in [0.3, 0.4) is 0 Å². The van der Waals surface area contributed by atoms with Crippen LogP contribution in [0.2, 0.25) is 5.02 Å². The van der Waals surface area contributed by atoms with E-state index in [0.29, 0.717) is 5.56 Å². The van der Waals surface area contributed by atoms with Gasteiger partial charge in [0.1, 0.15) is 0 Å². The van der Waals surface area contributed by atoms with Crippen LogP contribution in [0.15, 0.2) is 12.1 Å². The predicted molar refractivity (Wildman–Crippen MR) is 49.6 cm³/mol. The summed E-state index contributed by atoms with van der Waals surface area (Å²) in [6.07, 6.45) is 0. The van der Waals surface area contributed by atoms with Gasteiger partial charge in [-0.15, -0.1) is 0 Å². The SMILES string of the molecule is Cc1cc(Cl)c([B-](F)(F)F)cc1C.[K+]. The Morgan fingerprint density at radius 1 is 1.07 bits per heavy atom. The van der Waals surface area contributed by atoms with Crippen LogP contribution < -0.4 is 56.8 Å². The van der Waals surface area contributed by atoms with Gasteiger partial charge in [0.2, 0.25) is 0 Å². The first-order valence-electron chi connectivity index (χ1n) is 3.79. The quantitative estimate of drug-likeness (QED) is 0.613. The van der Waals surface area contributed by atoms with Crippen LogP contribution in [0, 0.1) is 13.8 Å². The van der Waals surface area contributed by atoms with Crippen LogP contribution >= 0.6 is 11.6 Å². The van der Waals surface area contributed by atoms with Crippen molar-refractivity contribution >= 4 is 24.0 Å². The molecule has 0 N–H and O–H groups in total. The van der Waals surface area contributed by atoms with E-state index in [0.717, 1.165) is 11.6 Å². The van der Waals surface area contributed by atoms with Gasteiger partial charge in [0.25, 0.3) is 0 Å². The van der Waals surface area contributed by atoms with Crippen molar-refractivity contribution in [1.82, 2.24) is 0 Å². The first kappa shape index (κ1) is 15.0. The minimum absolute atomic E-state index is 0. The Labute approximate surface area is 129 Å². The van der Waals surface area contributed by atoms with Gasteiger partial charge in [-0.05, 0) is 25.5 Å². The average molecular weight is 247 g/mol. The molecule has 0 atom stereocenters. The third-order valence-corrected chi connectivity index (χ3v) is 2.29. The fourth-order valence-electron chi connectivity index (χ4n) is 1.05. The zero-order valence-corrected chi connectivity index (χ0v) is 12.1. The maximum absolute atomic E-state index is 12.3. The van der Waals surface area contributed by atoms with Gasteiger partial charge in [0, 0.05) is 5.02 Å². The van der Waals surface area contributed by atoms with Crippen LogP contribution in [-0.2, 0) is 0 Å². The second-order valence-corrected chi connectivity index (χ2v) is 3.44. The molecule has 0 fully saturated rings. The Balaban J connectivity index is 0.00000169. The summed E-state index contributed by atoms with van der Waals surface area (Å²) >= 11 is 5.48. The molecule has 0 spiro atoms. The van der Waals surface area contributed by atoms with Crippen molar-refractivity contribution in [2.75, 3.05) is 0 Å². The van der Waals surface area contributed by atoms with Gasteiger partial charge in [-0.3, -0.25) is 0 Å². The zero-order chi connectivity index (χ0) is 10.2. The normalized spacial score (nSPS) is 11.0. The Morgan fingerprint density at radius 2 is 1.50 bits per heavy atom. The van der Waals surface area contributed by atoms with E-state index in [-0.39, 0.29) is 56.4 Å². The van der Waals surface area contributed by atoms with Gasteiger partial charge in [0.15, 0.2) is 0 Å². The molecule has 14 heavy (non-hydrogen) atoms. The number of benzene rings is 1. The van der Waals surface area contributed by atoms with Crippen molar-refractivity contribution in [3.63, 3.8) is 0 Å². The third-order valence-electron chi connectivity index (χ3n) is 1.97. The second-order valence-electron chi connectivity index (χ2n) is 3.03. The fourth-order valence-corrected chi connectivity index (χ4v) is 1.40. The molecule has 1 rings (SSSR count). The minimum Gasteiger partial charge on any atom is -0.445 e. The van der Waals surface area contributed by atoms with Gasteiger partial charge >= 0.3 is 58.4 Å². The summed E-state index contributed by atoms with van der Waals surface area (Å²) in [7, 11) is 0. The largest absolute Gasteiger partial charge is 1.00 e. The molecule has 0 nitrogen and oxygen atoms in total. The van der Waals surface area contributed by atoms with Crippen molar-refractivity contribution in [1.29, 1.82) is 0 Å². The van der Waals surface area contributed by atoms with Gasteiger partial charge in [-0.1, -0.05) is 28.7 Å². The first-order valence-corrected chi connectivity index (χ1v) is 4.16. The zero-order valence-electron chi connectivity index (χ0n) is 8.24. The summed E-state index contributed by atoms with van der Waals surface area (Å²) in [6, 6.07) is 2.44. The van der Waals surface area contributed by atoms with E-state index in [4.69, 9.17) is 11.6 Å². The van der Waals surface area contributed by atoms with E-state index in [9.17, 15) is 12.9 Å². The van der Waals surface area contributed by atoms with Crippen LogP contribution in [-0.4, -0.2) is 6.98 Å². The summed E-state index contributed by atoms with van der Waals surface area (Å²) in [4.78, 5) is 0. The summed E-state index contributed by atoms with van der Waals surface area (Å²) in [5, 5.41) is -0.212. The van der Waals surface area contributed by atoms with Gasteiger partial charge in [-0.2, -0.15) is 0 Å². The summed E-state index contributed by atoms with van der Waals surface area (Å²) in [5.41, 5.74) is 0.678. The van der Waals surface area contributed by atoms with Gasteiger partial charge in [-0.25, -0.2) is 0 Å². The van der Waals surface area contributed by atoms with Crippen LogP contribution in [0.25, 0.3) is 0 Å². The Morgan fingerprint density at radius 3 is 1.93 bits per heavy atom. The molecule has 1 aromatic carbocycles.